The van der Waals surface area contributed by atoms with Crippen LogP contribution in [0.15, 0.2) is 0 Å². The Morgan fingerprint density at radius 1 is 1.57 bits per heavy atom. The van der Waals surface area contributed by atoms with Crippen LogP contribution in [0, 0.1) is 11.3 Å². The first-order valence-corrected chi connectivity index (χ1v) is 5.15. The molecule has 0 radical (unpaired) electrons. The first-order chi connectivity index (χ1) is 6.29. The van der Waals surface area contributed by atoms with Crippen LogP contribution in [-0.4, -0.2) is 18.6 Å². The highest BCUT2D eigenvalue weighted by Gasteiger charge is 2.47. The zero-order chi connectivity index (χ0) is 11.0. The molecule has 2 atom stereocenters. The second-order valence-corrected chi connectivity index (χ2v) is 5.43. The van der Waals surface area contributed by atoms with Crippen molar-refractivity contribution >= 4 is 5.97 Å². The minimum atomic E-state index is -0.364. The van der Waals surface area contributed by atoms with Crippen LogP contribution < -0.4 is 5.73 Å². The van der Waals surface area contributed by atoms with Crippen molar-refractivity contribution in [3.8, 4) is 0 Å². The third kappa shape index (κ3) is 2.27. The summed E-state index contributed by atoms with van der Waals surface area (Å²) in [7, 11) is 1.41. The van der Waals surface area contributed by atoms with Gasteiger partial charge in [-0.05, 0) is 24.2 Å². The maximum absolute atomic E-state index is 11.2. The zero-order valence-electron chi connectivity index (χ0n) is 9.59. The molecule has 3 nitrogen and oxygen atoms in total. The predicted octanol–water partition coefficient (Wildman–Crippen LogP) is 1.70. The molecule has 0 aliphatic heterocycles. The van der Waals surface area contributed by atoms with Crippen molar-refractivity contribution in [2.75, 3.05) is 7.11 Å². The summed E-state index contributed by atoms with van der Waals surface area (Å²) in [5.74, 6) is 0.189. The lowest BCUT2D eigenvalue weighted by molar-refractivity contribution is -0.142. The highest BCUT2D eigenvalue weighted by atomic mass is 16.5. The third-order valence-electron chi connectivity index (χ3n) is 3.35. The van der Waals surface area contributed by atoms with Crippen molar-refractivity contribution in [1.29, 1.82) is 0 Å². The molecule has 0 heterocycles. The molecule has 0 amide bonds. The van der Waals surface area contributed by atoms with Crippen molar-refractivity contribution < 1.29 is 9.53 Å². The Labute approximate surface area is 86.0 Å². The summed E-state index contributed by atoms with van der Waals surface area (Å²) in [5, 5.41) is 0. The Balaban J connectivity index is 2.70. The quantitative estimate of drug-likeness (QED) is 0.689. The van der Waals surface area contributed by atoms with E-state index in [9.17, 15) is 4.79 Å². The molecule has 0 bridgehead atoms. The molecule has 1 fully saturated rings. The van der Waals surface area contributed by atoms with Gasteiger partial charge in [0.2, 0.25) is 0 Å². The number of ether oxygens (including phenoxy) is 1. The van der Waals surface area contributed by atoms with Gasteiger partial charge in [-0.2, -0.15) is 0 Å². The van der Waals surface area contributed by atoms with Crippen LogP contribution >= 0.6 is 0 Å². The number of carbonyl (C=O) groups is 1. The van der Waals surface area contributed by atoms with Gasteiger partial charge >= 0.3 is 5.97 Å². The van der Waals surface area contributed by atoms with Gasteiger partial charge in [0.15, 0.2) is 0 Å². The van der Waals surface area contributed by atoms with Gasteiger partial charge in [0.25, 0.3) is 0 Å². The van der Waals surface area contributed by atoms with E-state index in [4.69, 9.17) is 5.73 Å². The van der Waals surface area contributed by atoms with Crippen LogP contribution in [-0.2, 0) is 9.53 Å². The van der Waals surface area contributed by atoms with Crippen molar-refractivity contribution in [3.63, 3.8) is 0 Å². The molecule has 0 aromatic carbocycles. The van der Waals surface area contributed by atoms with Crippen molar-refractivity contribution in [2.45, 2.75) is 45.6 Å². The highest BCUT2D eigenvalue weighted by Crippen LogP contribution is 2.47. The van der Waals surface area contributed by atoms with E-state index in [0.29, 0.717) is 12.3 Å². The van der Waals surface area contributed by atoms with Crippen LogP contribution in [0.5, 0.6) is 0 Å². The standard InChI is InChI=1S/C11H21NO2/c1-8-5-10(2,3)7-11(8,12)6-9(13)14-4/h8H,5-7,12H2,1-4H3. The SMILES string of the molecule is COC(=O)CC1(N)CC(C)(C)CC1C. The van der Waals surface area contributed by atoms with E-state index in [1.165, 1.54) is 7.11 Å². The number of hydrogen-bond donors (Lipinski definition) is 1. The van der Waals surface area contributed by atoms with E-state index in [1.807, 2.05) is 0 Å². The summed E-state index contributed by atoms with van der Waals surface area (Å²) in [6.45, 7) is 6.53. The molecule has 1 saturated carbocycles. The van der Waals surface area contributed by atoms with Gasteiger partial charge in [0.1, 0.15) is 0 Å². The molecule has 1 aliphatic carbocycles. The van der Waals surface area contributed by atoms with E-state index >= 15 is 0 Å². The first kappa shape index (κ1) is 11.5. The summed E-state index contributed by atoms with van der Waals surface area (Å²) < 4.78 is 4.67. The first-order valence-electron chi connectivity index (χ1n) is 5.15. The van der Waals surface area contributed by atoms with Crippen LogP contribution in [0.4, 0.5) is 0 Å². The fourth-order valence-corrected chi connectivity index (χ4v) is 2.75. The van der Waals surface area contributed by atoms with Gasteiger partial charge in [0, 0.05) is 5.54 Å². The molecule has 0 spiro atoms. The highest BCUT2D eigenvalue weighted by molar-refractivity contribution is 5.70. The van der Waals surface area contributed by atoms with Crippen molar-refractivity contribution in [2.24, 2.45) is 17.1 Å². The summed E-state index contributed by atoms with van der Waals surface area (Å²) in [5.41, 5.74) is 6.14. The van der Waals surface area contributed by atoms with E-state index in [2.05, 4.69) is 25.5 Å². The van der Waals surface area contributed by atoms with E-state index in [-0.39, 0.29) is 16.9 Å². The lowest BCUT2D eigenvalue weighted by atomic mass is 9.84. The van der Waals surface area contributed by atoms with Crippen LogP contribution in [0.1, 0.15) is 40.0 Å². The molecular weight excluding hydrogens is 178 g/mol. The Morgan fingerprint density at radius 3 is 2.50 bits per heavy atom. The smallest absolute Gasteiger partial charge is 0.307 e. The minimum absolute atomic E-state index is 0.197. The maximum atomic E-state index is 11.2. The lowest BCUT2D eigenvalue weighted by Gasteiger charge is -2.28. The van der Waals surface area contributed by atoms with Gasteiger partial charge < -0.3 is 10.5 Å². The van der Waals surface area contributed by atoms with Gasteiger partial charge in [-0.15, -0.1) is 0 Å². The molecule has 82 valence electrons. The fraction of sp³-hybridized carbons (Fsp3) is 0.909. The van der Waals surface area contributed by atoms with Crippen molar-refractivity contribution in [3.05, 3.63) is 0 Å². The molecule has 2 N–H and O–H groups in total. The predicted molar refractivity (Wildman–Crippen MR) is 55.7 cm³/mol. The maximum Gasteiger partial charge on any atom is 0.307 e. The topological polar surface area (TPSA) is 52.3 Å². The Hall–Kier alpha value is -0.570. The van der Waals surface area contributed by atoms with Crippen molar-refractivity contribution in [1.82, 2.24) is 0 Å². The molecule has 2 unspecified atom stereocenters. The normalized spacial score (nSPS) is 35.6. The molecule has 0 aromatic rings. The Kier molecular flexibility index (Phi) is 2.91. The fourth-order valence-electron chi connectivity index (χ4n) is 2.75. The number of nitrogens with two attached hydrogens (primary N) is 1. The molecule has 3 heteroatoms. The van der Waals surface area contributed by atoms with Crippen LogP contribution in [0.3, 0.4) is 0 Å². The average molecular weight is 199 g/mol. The molecule has 1 rings (SSSR count). The summed E-state index contributed by atoms with van der Waals surface area (Å²) in [6.07, 6.45) is 2.32. The minimum Gasteiger partial charge on any atom is -0.469 e. The van der Waals surface area contributed by atoms with E-state index in [0.717, 1.165) is 12.8 Å². The molecular formula is C11H21NO2. The zero-order valence-corrected chi connectivity index (χ0v) is 9.59. The van der Waals surface area contributed by atoms with E-state index in [1.54, 1.807) is 0 Å². The number of methoxy groups -OCH3 is 1. The molecule has 1 aliphatic rings. The monoisotopic (exact) mass is 199 g/mol. The van der Waals surface area contributed by atoms with Gasteiger partial charge in [-0.25, -0.2) is 0 Å². The van der Waals surface area contributed by atoms with Gasteiger partial charge in [-0.1, -0.05) is 20.8 Å². The lowest BCUT2D eigenvalue weighted by Crippen LogP contribution is -2.45. The van der Waals surface area contributed by atoms with Gasteiger partial charge in [-0.3, -0.25) is 4.79 Å². The van der Waals surface area contributed by atoms with Crippen LogP contribution in [0.25, 0.3) is 0 Å². The molecule has 0 saturated heterocycles. The molecule has 0 aromatic heterocycles. The summed E-state index contributed by atoms with van der Waals surface area (Å²) >= 11 is 0. The number of hydrogen-bond acceptors (Lipinski definition) is 3. The summed E-state index contributed by atoms with van der Waals surface area (Å²) in [4.78, 5) is 11.2. The Morgan fingerprint density at radius 2 is 2.14 bits per heavy atom. The Bertz CT molecular complexity index is 237. The van der Waals surface area contributed by atoms with Crippen LogP contribution in [0.2, 0.25) is 0 Å². The number of rotatable bonds is 2. The largest absolute Gasteiger partial charge is 0.469 e. The van der Waals surface area contributed by atoms with Gasteiger partial charge in [0.05, 0.1) is 13.5 Å². The summed E-state index contributed by atoms with van der Waals surface area (Å²) in [6, 6.07) is 0. The average Bonchev–Trinajstić information content (AvgIpc) is 2.20. The number of esters is 1. The second kappa shape index (κ2) is 3.54. The number of carbonyl (C=O) groups excluding carboxylic acids is 1. The van der Waals surface area contributed by atoms with E-state index < -0.39 is 0 Å². The molecule has 14 heavy (non-hydrogen) atoms. The second-order valence-electron chi connectivity index (χ2n) is 5.43. The third-order valence-corrected chi connectivity index (χ3v) is 3.35.